The molecular formula is C17H23N3O6S. The van der Waals surface area contributed by atoms with Crippen LogP contribution < -0.4 is 20.9 Å². The summed E-state index contributed by atoms with van der Waals surface area (Å²) in [6.45, 7) is 0.430. The number of benzene rings is 1. The van der Waals surface area contributed by atoms with E-state index in [1.165, 1.54) is 7.11 Å². The number of hydrazine groups is 1. The first-order valence-electron chi connectivity index (χ1n) is 8.10. The Balaban J connectivity index is 2.22. The molecule has 0 aliphatic heterocycles. The van der Waals surface area contributed by atoms with Crippen LogP contribution in [0.5, 0.6) is 5.75 Å². The number of amides is 2. The number of hydrogen-bond donors (Lipinski definition) is 3. The molecule has 1 rings (SSSR count). The molecule has 2 amide bonds. The van der Waals surface area contributed by atoms with Crippen LogP contribution in [0.3, 0.4) is 0 Å². The minimum absolute atomic E-state index is 0.0733. The maximum absolute atomic E-state index is 11.8. The van der Waals surface area contributed by atoms with E-state index in [0.717, 1.165) is 5.56 Å². The van der Waals surface area contributed by atoms with Crippen molar-refractivity contribution < 1.29 is 28.6 Å². The zero-order valence-corrected chi connectivity index (χ0v) is 16.0. The van der Waals surface area contributed by atoms with Gasteiger partial charge in [0.25, 0.3) is 0 Å². The summed E-state index contributed by atoms with van der Waals surface area (Å²) in [7, 11) is 3.05. The Morgan fingerprint density at radius 2 is 1.67 bits per heavy atom. The van der Waals surface area contributed by atoms with Gasteiger partial charge in [-0.1, -0.05) is 12.1 Å². The highest BCUT2D eigenvalue weighted by atomic mass is 32.1. The molecule has 10 heteroatoms. The molecule has 1 aromatic carbocycles. The molecule has 0 radical (unpaired) electrons. The smallest absolute Gasteiger partial charge is 0.306 e. The molecule has 0 bridgehead atoms. The van der Waals surface area contributed by atoms with Crippen molar-refractivity contribution >= 4 is 35.1 Å². The maximum Gasteiger partial charge on any atom is 0.306 e. The molecule has 0 spiro atoms. The number of nitrogens with one attached hydrogen (secondary N) is 3. The van der Waals surface area contributed by atoms with Gasteiger partial charge in [0, 0.05) is 13.5 Å². The predicted octanol–water partition coefficient (Wildman–Crippen LogP) is 0.229. The fourth-order valence-corrected chi connectivity index (χ4v) is 2.01. The lowest BCUT2D eigenvalue weighted by Gasteiger charge is -2.11. The van der Waals surface area contributed by atoms with E-state index in [2.05, 4.69) is 16.2 Å². The summed E-state index contributed by atoms with van der Waals surface area (Å²) in [6, 6.07) is 7.04. The molecule has 0 heterocycles. The summed E-state index contributed by atoms with van der Waals surface area (Å²) in [5.41, 5.74) is 5.60. The number of esters is 1. The molecule has 0 aliphatic carbocycles. The van der Waals surface area contributed by atoms with E-state index in [9.17, 15) is 14.4 Å². The van der Waals surface area contributed by atoms with Gasteiger partial charge >= 0.3 is 5.97 Å². The van der Waals surface area contributed by atoms with Crippen LogP contribution in [0, 0.1) is 0 Å². The third-order valence-corrected chi connectivity index (χ3v) is 3.40. The Morgan fingerprint density at radius 1 is 0.963 bits per heavy atom. The standard InChI is InChI=1S/C17H23N3O6S/c1-24-9-10-26-16(23)8-7-14(21)18-17(27)20-19-15(22)11-12-3-5-13(25-2)6-4-12/h3-6H,7-11H2,1-2H3,(H,19,22)(H2,18,20,21,27). The minimum Gasteiger partial charge on any atom is -0.497 e. The molecule has 148 valence electrons. The lowest BCUT2D eigenvalue weighted by atomic mass is 10.1. The topological polar surface area (TPSA) is 115 Å². The number of hydrogen-bond acceptors (Lipinski definition) is 7. The second-order valence-corrected chi connectivity index (χ2v) is 5.70. The summed E-state index contributed by atoms with van der Waals surface area (Å²) >= 11 is 4.90. The summed E-state index contributed by atoms with van der Waals surface area (Å²) in [5, 5.41) is 2.28. The van der Waals surface area contributed by atoms with E-state index in [4.69, 9.17) is 26.4 Å². The Hall–Kier alpha value is -2.72. The highest BCUT2D eigenvalue weighted by molar-refractivity contribution is 7.80. The third kappa shape index (κ3) is 10.1. The zero-order chi connectivity index (χ0) is 20.1. The first kappa shape index (κ1) is 22.3. The van der Waals surface area contributed by atoms with Crippen LogP contribution in [0.2, 0.25) is 0 Å². The van der Waals surface area contributed by atoms with Gasteiger partial charge in [-0.2, -0.15) is 0 Å². The van der Waals surface area contributed by atoms with Crippen molar-refractivity contribution in [1.29, 1.82) is 0 Å². The van der Waals surface area contributed by atoms with Gasteiger partial charge in [0.15, 0.2) is 5.11 Å². The third-order valence-electron chi connectivity index (χ3n) is 3.20. The van der Waals surface area contributed by atoms with Crippen LogP contribution in [0.4, 0.5) is 0 Å². The van der Waals surface area contributed by atoms with Crippen molar-refractivity contribution in [3.63, 3.8) is 0 Å². The molecule has 0 atom stereocenters. The number of methoxy groups -OCH3 is 2. The van der Waals surface area contributed by atoms with E-state index >= 15 is 0 Å². The molecule has 0 unspecified atom stereocenters. The van der Waals surface area contributed by atoms with Gasteiger partial charge in [0.1, 0.15) is 12.4 Å². The summed E-state index contributed by atoms with van der Waals surface area (Å²) in [4.78, 5) is 34.9. The van der Waals surface area contributed by atoms with E-state index in [-0.39, 0.29) is 36.9 Å². The molecule has 1 aromatic rings. The van der Waals surface area contributed by atoms with Gasteiger partial charge in [-0.3, -0.25) is 25.2 Å². The minimum atomic E-state index is -0.506. The Bertz CT molecular complexity index is 651. The number of rotatable bonds is 9. The quantitative estimate of drug-likeness (QED) is 0.235. The number of ether oxygens (including phenoxy) is 3. The van der Waals surface area contributed by atoms with Crippen LogP contribution >= 0.6 is 12.2 Å². The largest absolute Gasteiger partial charge is 0.497 e. The molecule has 3 N–H and O–H groups in total. The molecule has 0 saturated heterocycles. The number of carbonyl (C=O) groups excluding carboxylic acids is 3. The molecule has 0 aliphatic rings. The average Bonchev–Trinajstić information content (AvgIpc) is 2.65. The van der Waals surface area contributed by atoms with Gasteiger partial charge in [-0.15, -0.1) is 0 Å². The lowest BCUT2D eigenvalue weighted by molar-refractivity contribution is -0.146. The number of thiocarbonyl (C=S) groups is 1. The fourth-order valence-electron chi connectivity index (χ4n) is 1.85. The van der Waals surface area contributed by atoms with Crippen molar-refractivity contribution in [3.05, 3.63) is 29.8 Å². The van der Waals surface area contributed by atoms with Crippen molar-refractivity contribution in [1.82, 2.24) is 16.2 Å². The van der Waals surface area contributed by atoms with E-state index in [1.807, 2.05) is 0 Å². The highest BCUT2D eigenvalue weighted by Crippen LogP contribution is 2.11. The molecule has 27 heavy (non-hydrogen) atoms. The van der Waals surface area contributed by atoms with Crippen molar-refractivity contribution in [2.45, 2.75) is 19.3 Å². The Morgan fingerprint density at radius 3 is 2.30 bits per heavy atom. The summed E-state index contributed by atoms with van der Waals surface area (Å²) in [6.07, 6.45) is -0.0453. The van der Waals surface area contributed by atoms with Crippen molar-refractivity contribution in [2.24, 2.45) is 0 Å². The fraction of sp³-hybridized carbons (Fsp3) is 0.412. The van der Waals surface area contributed by atoms with Gasteiger partial charge in [-0.25, -0.2) is 0 Å². The molecular weight excluding hydrogens is 374 g/mol. The van der Waals surface area contributed by atoms with Crippen LogP contribution in [0.15, 0.2) is 24.3 Å². The van der Waals surface area contributed by atoms with E-state index in [1.54, 1.807) is 31.4 Å². The van der Waals surface area contributed by atoms with Crippen molar-refractivity contribution in [2.75, 3.05) is 27.4 Å². The Kier molecular flexibility index (Phi) is 10.4. The van der Waals surface area contributed by atoms with E-state index < -0.39 is 11.9 Å². The van der Waals surface area contributed by atoms with Crippen LogP contribution in [0.25, 0.3) is 0 Å². The van der Waals surface area contributed by atoms with Gasteiger partial charge in [0.2, 0.25) is 11.8 Å². The second kappa shape index (κ2) is 12.6. The zero-order valence-electron chi connectivity index (χ0n) is 15.2. The first-order chi connectivity index (χ1) is 12.9. The van der Waals surface area contributed by atoms with Gasteiger partial charge < -0.3 is 19.5 Å². The van der Waals surface area contributed by atoms with Crippen LogP contribution in [-0.4, -0.2) is 50.3 Å². The molecule has 0 aromatic heterocycles. The van der Waals surface area contributed by atoms with E-state index in [0.29, 0.717) is 12.4 Å². The summed E-state index contributed by atoms with van der Waals surface area (Å²) < 4.78 is 14.6. The van der Waals surface area contributed by atoms with Gasteiger partial charge in [0.05, 0.1) is 26.6 Å². The van der Waals surface area contributed by atoms with Crippen LogP contribution in [0.1, 0.15) is 18.4 Å². The summed E-state index contributed by atoms with van der Waals surface area (Å²) in [5.74, 6) is -0.614. The highest BCUT2D eigenvalue weighted by Gasteiger charge is 2.10. The Labute approximate surface area is 162 Å². The maximum atomic E-state index is 11.8. The molecule has 9 nitrogen and oxygen atoms in total. The first-order valence-corrected chi connectivity index (χ1v) is 8.51. The SMILES string of the molecule is COCCOC(=O)CCC(=O)NC(=S)NNC(=O)Cc1ccc(OC)cc1. The number of carbonyl (C=O) groups is 3. The predicted molar refractivity (Wildman–Crippen MR) is 101 cm³/mol. The van der Waals surface area contributed by atoms with Crippen LogP contribution in [-0.2, 0) is 30.3 Å². The average molecular weight is 397 g/mol. The lowest BCUT2D eigenvalue weighted by Crippen LogP contribution is -2.48. The van der Waals surface area contributed by atoms with Gasteiger partial charge in [-0.05, 0) is 29.9 Å². The normalized spacial score (nSPS) is 9.85. The molecule has 0 saturated carbocycles. The second-order valence-electron chi connectivity index (χ2n) is 5.29. The molecule has 0 fully saturated rings. The van der Waals surface area contributed by atoms with Crippen molar-refractivity contribution in [3.8, 4) is 5.75 Å². The monoisotopic (exact) mass is 397 g/mol.